The van der Waals surface area contributed by atoms with Crippen LogP contribution in [0.25, 0.3) is 0 Å². The van der Waals surface area contributed by atoms with E-state index >= 15 is 0 Å². The molecule has 0 saturated carbocycles. The van der Waals surface area contributed by atoms with E-state index in [1.807, 2.05) is 11.8 Å². The Labute approximate surface area is 172 Å². The summed E-state index contributed by atoms with van der Waals surface area (Å²) in [6.45, 7) is 8.74. The second-order valence-corrected chi connectivity index (χ2v) is 8.02. The summed E-state index contributed by atoms with van der Waals surface area (Å²) in [5, 5.41) is 4.27. The molecule has 2 saturated heterocycles. The van der Waals surface area contributed by atoms with Crippen molar-refractivity contribution in [3.8, 4) is 0 Å². The smallest absolute Gasteiger partial charge is 0.274 e. The van der Waals surface area contributed by atoms with Gasteiger partial charge in [-0.1, -0.05) is 13.3 Å². The van der Waals surface area contributed by atoms with E-state index in [0.717, 1.165) is 38.8 Å². The maximum atomic E-state index is 12.8. The molecule has 29 heavy (non-hydrogen) atoms. The number of piperazine rings is 1. The summed E-state index contributed by atoms with van der Waals surface area (Å²) in [5.74, 6) is 0.0547. The zero-order valence-corrected chi connectivity index (χ0v) is 17.7. The van der Waals surface area contributed by atoms with Crippen LogP contribution in [0.5, 0.6) is 0 Å². The van der Waals surface area contributed by atoms with Gasteiger partial charge in [0.25, 0.3) is 11.5 Å². The third-order valence-corrected chi connectivity index (χ3v) is 5.98. The SMILES string of the molecule is CCCCn1nc(C(=O)N2CCN(C(C)C(=O)N3CCCCC3)CC2)ccc1=O. The summed E-state index contributed by atoms with van der Waals surface area (Å²) >= 11 is 0. The number of carbonyl (C=O) groups is 2. The maximum absolute atomic E-state index is 12.8. The van der Waals surface area contributed by atoms with Gasteiger partial charge in [0.05, 0.1) is 6.04 Å². The second kappa shape index (κ2) is 10.0. The van der Waals surface area contributed by atoms with E-state index in [-0.39, 0.29) is 23.4 Å². The lowest BCUT2D eigenvalue weighted by Crippen LogP contribution is -2.56. The first-order valence-corrected chi connectivity index (χ1v) is 10.9. The molecule has 1 atom stereocenters. The fraction of sp³-hybridized carbons (Fsp3) is 0.714. The molecule has 0 spiro atoms. The van der Waals surface area contributed by atoms with Crippen LogP contribution in [0.2, 0.25) is 0 Å². The van der Waals surface area contributed by atoms with Gasteiger partial charge in [0.1, 0.15) is 5.69 Å². The van der Waals surface area contributed by atoms with Gasteiger partial charge in [0.2, 0.25) is 5.91 Å². The van der Waals surface area contributed by atoms with E-state index < -0.39 is 0 Å². The largest absolute Gasteiger partial charge is 0.341 e. The highest BCUT2D eigenvalue weighted by Crippen LogP contribution is 2.15. The lowest BCUT2D eigenvalue weighted by atomic mass is 10.1. The van der Waals surface area contributed by atoms with Crippen molar-refractivity contribution in [3.63, 3.8) is 0 Å². The molecule has 0 aromatic carbocycles. The molecular formula is C21H33N5O3. The van der Waals surface area contributed by atoms with Crippen molar-refractivity contribution in [1.29, 1.82) is 0 Å². The summed E-state index contributed by atoms with van der Waals surface area (Å²) in [5.41, 5.74) is 0.136. The number of hydrogen-bond donors (Lipinski definition) is 0. The minimum absolute atomic E-state index is 0.148. The summed E-state index contributed by atoms with van der Waals surface area (Å²) < 4.78 is 1.38. The van der Waals surface area contributed by atoms with Crippen molar-refractivity contribution in [2.24, 2.45) is 0 Å². The van der Waals surface area contributed by atoms with Gasteiger partial charge in [-0.05, 0) is 38.7 Å². The third kappa shape index (κ3) is 5.23. The second-order valence-electron chi connectivity index (χ2n) is 8.02. The van der Waals surface area contributed by atoms with Crippen molar-refractivity contribution in [2.75, 3.05) is 39.3 Å². The van der Waals surface area contributed by atoms with Crippen LogP contribution in [0.3, 0.4) is 0 Å². The van der Waals surface area contributed by atoms with Crippen molar-refractivity contribution in [3.05, 3.63) is 28.2 Å². The minimum atomic E-state index is -0.176. The van der Waals surface area contributed by atoms with Crippen LogP contribution in [0.15, 0.2) is 16.9 Å². The summed E-state index contributed by atoms with van der Waals surface area (Å²) in [4.78, 5) is 43.4. The van der Waals surface area contributed by atoms with Crippen molar-refractivity contribution in [2.45, 2.75) is 58.5 Å². The number of rotatable bonds is 6. The van der Waals surface area contributed by atoms with Gasteiger partial charge < -0.3 is 9.80 Å². The predicted octanol–water partition coefficient (Wildman–Crippen LogP) is 1.20. The fourth-order valence-electron chi connectivity index (χ4n) is 4.04. The number of piperidine rings is 1. The molecule has 0 radical (unpaired) electrons. The first-order valence-electron chi connectivity index (χ1n) is 10.9. The number of aromatic nitrogens is 2. The highest BCUT2D eigenvalue weighted by molar-refractivity contribution is 5.92. The molecule has 1 aromatic rings. The molecule has 0 N–H and O–H groups in total. The maximum Gasteiger partial charge on any atom is 0.274 e. The fourth-order valence-corrected chi connectivity index (χ4v) is 4.04. The minimum Gasteiger partial charge on any atom is -0.341 e. The van der Waals surface area contributed by atoms with Gasteiger partial charge in [0.15, 0.2) is 0 Å². The van der Waals surface area contributed by atoms with E-state index in [0.29, 0.717) is 38.4 Å². The van der Waals surface area contributed by atoms with Crippen LogP contribution >= 0.6 is 0 Å². The molecule has 3 heterocycles. The van der Waals surface area contributed by atoms with Crippen molar-refractivity contribution in [1.82, 2.24) is 24.5 Å². The molecule has 8 heteroatoms. The number of nitrogens with zero attached hydrogens (tertiary/aromatic N) is 5. The van der Waals surface area contributed by atoms with E-state index in [4.69, 9.17) is 0 Å². The number of carbonyl (C=O) groups excluding carboxylic acids is 2. The van der Waals surface area contributed by atoms with Crippen LogP contribution in [0, 0.1) is 0 Å². The van der Waals surface area contributed by atoms with Crippen molar-refractivity contribution >= 4 is 11.8 Å². The molecule has 1 aromatic heterocycles. The topological polar surface area (TPSA) is 78.8 Å². The first-order chi connectivity index (χ1) is 14.0. The van der Waals surface area contributed by atoms with E-state index in [1.54, 1.807) is 4.90 Å². The molecule has 1 unspecified atom stereocenters. The quantitative estimate of drug-likeness (QED) is 0.713. The van der Waals surface area contributed by atoms with Gasteiger partial charge in [-0.3, -0.25) is 19.3 Å². The Kier molecular flexibility index (Phi) is 7.41. The zero-order valence-electron chi connectivity index (χ0n) is 17.7. The highest BCUT2D eigenvalue weighted by atomic mass is 16.2. The van der Waals surface area contributed by atoms with Gasteiger partial charge in [0, 0.05) is 51.9 Å². The van der Waals surface area contributed by atoms with Gasteiger partial charge in [-0.15, -0.1) is 0 Å². The predicted molar refractivity (Wildman–Crippen MR) is 111 cm³/mol. The Morgan fingerprint density at radius 3 is 2.34 bits per heavy atom. The van der Waals surface area contributed by atoms with E-state index in [1.165, 1.54) is 23.2 Å². The molecule has 2 fully saturated rings. The van der Waals surface area contributed by atoms with Gasteiger partial charge >= 0.3 is 0 Å². The van der Waals surface area contributed by atoms with Crippen LogP contribution in [-0.4, -0.2) is 81.6 Å². The summed E-state index contributed by atoms with van der Waals surface area (Å²) in [6.07, 6.45) is 5.20. The molecule has 0 bridgehead atoms. The Morgan fingerprint density at radius 2 is 1.69 bits per heavy atom. The Balaban J connectivity index is 1.56. The Hall–Kier alpha value is -2.22. The summed E-state index contributed by atoms with van der Waals surface area (Å²) in [7, 11) is 0. The van der Waals surface area contributed by atoms with E-state index in [9.17, 15) is 14.4 Å². The number of amides is 2. The van der Waals surface area contributed by atoms with E-state index in [2.05, 4.69) is 16.9 Å². The molecule has 160 valence electrons. The number of hydrogen-bond acceptors (Lipinski definition) is 5. The average molecular weight is 404 g/mol. The standard InChI is InChI=1S/C21H33N5O3/c1-3-4-12-26-19(27)9-8-18(22-26)21(29)25-15-13-23(14-16-25)17(2)20(28)24-10-6-5-7-11-24/h8-9,17H,3-7,10-16H2,1-2H3. The van der Waals surface area contributed by atoms with Crippen LogP contribution in [0.1, 0.15) is 56.4 Å². The van der Waals surface area contributed by atoms with Crippen LogP contribution < -0.4 is 5.56 Å². The normalized spacial score (nSPS) is 19.2. The molecule has 3 rings (SSSR count). The highest BCUT2D eigenvalue weighted by Gasteiger charge is 2.31. The van der Waals surface area contributed by atoms with Crippen LogP contribution in [0.4, 0.5) is 0 Å². The first kappa shape index (κ1) is 21.5. The Bertz CT molecular complexity index is 764. The molecule has 2 aliphatic heterocycles. The third-order valence-electron chi connectivity index (χ3n) is 5.98. The molecule has 2 amide bonds. The molecule has 2 aliphatic rings. The molecule has 8 nitrogen and oxygen atoms in total. The zero-order chi connectivity index (χ0) is 20.8. The number of aryl methyl sites for hydroxylation is 1. The monoisotopic (exact) mass is 403 g/mol. The number of likely N-dealkylation sites (tertiary alicyclic amines) is 1. The van der Waals surface area contributed by atoms with Crippen LogP contribution in [-0.2, 0) is 11.3 Å². The van der Waals surface area contributed by atoms with Gasteiger partial charge in [-0.25, -0.2) is 4.68 Å². The van der Waals surface area contributed by atoms with Gasteiger partial charge in [-0.2, -0.15) is 5.10 Å². The Morgan fingerprint density at radius 1 is 1.00 bits per heavy atom. The average Bonchev–Trinajstić information content (AvgIpc) is 2.77. The molecular weight excluding hydrogens is 370 g/mol. The lowest BCUT2D eigenvalue weighted by Gasteiger charge is -2.39. The number of unbranched alkanes of at least 4 members (excludes halogenated alkanes) is 1. The van der Waals surface area contributed by atoms with Crippen molar-refractivity contribution < 1.29 is 9.59 Å². The summed E-state index contributed by atoms with van der Waals surface area (Å²) in [6, 6.07) is 2.78. The lowest BCUT2D eigenvalue weighted by molar-refractivity contribution is -0.137. The molecule has 0 aliphatic carbocycles.